The third-order valence-corrected chi connectivity index (χ3v) is 2.37. The van der Waals surface area contributed by atoms with E-state index >= 15 is 0 Å². The Morgan fingerprint density at radius 1 is 0.882 bits per heavy atom. The molecule has 1 aromatic heterocycles. The van der Waals surface area contributed by atoms with Crippen LogP contribution in [0.4, 0.5) is 11.6 Å². The molecule has 0 unspecified atom stereocenters. The smallest absolute Gasteiger partial charge is 0.323 e. The van der Waals surface area contributed by atoms with E-state index in [-0.39, 0.29) is 46.1 Å². The van der Waals surface area contributed by atoms with Crippen LogP contribution in [-0.4, -0.2) is 15.0 Å². The van der Waals surface area contributed by atoms with Gasteiger partial charge in [-0.05, 0) is 35.3 Å². The fraction of sp³-hybridized carbons (Fsp3) is 0. The van der Waals surface area contributed by atoms with Gasteiger partial charge in [-0.25, -0.2) is 0 Å². The number of aromatic nitrogens is 3. The molecule has 0 saturated carbocycles. The minimum atomic E-state index is 0. The molecule has 0 radical (unpaired) electrons. The van der Waals surface area contributed by atoms with Gasteiger partial charge in [-0.2, -0.15) is 15.0 Å². The van der Waals surface area contributed by atoms with Crippen LogP contribution in [0, 0.1) is 0 Å². The van der Waals surface area contributed by atoms with Crippen molar-refractivity contribution in [1.29, 1.82) is 0 Å². The SMILES string of the molecule is Clc1nc(Cl)nc(Nc2ccccc2Cl)n1.[Na+]. The summed E-state index contributed by atoms with van der Waals surface area (Å²) >= 11 is 17.2. The van der Waals surface area contributed by atoms with Gasteiger partial charge in [-0.15, -0.1) is 0 Å². The summed E-state index contributed by atoms with van der Waals surface area (Å²) in [4.78, 5) is 11.4. The van der Waals surface area contributed by atoms with Crippen LogP contribution in [0.3, 0.4) is 0 Å². The molecule has 0 aliphatic heterocycles. The summed E-state index contributed by atoms with van der Waals surface area (Å²) < 4.78 is 0. The summed E-state index contributed by atoms with van der Waals surface area (Å²) in [5, 5.41) is 3.49. The molecule has 0 spiro atoms. The van der Waals surface area contributed by atoms with Crippen molar-refractivity contribution in [3.63, 3.8) is 0 Å². The van der Waals surface area contributed by atoms with Gasteiger partial charge in [-0.3, -0.25) is 0 Å². The Morgan fingerprint density at radius 2 is 1.47 bits per heavy atom. The number of hydrogen-bond donors (Lipinski definition) is 1. The Kier molecular flexibility index (Phi) is 5.92. The Hall–Kier alpha value is -0.1000. The fourth-order valence-corrected chi connectivity index (χ4v) is 1.61. The second-order valence-electron chi connectivity index (χ2n) is 2.80. The zero-order chi connectivity index (χ0) is 11.5. The molecule has 17 heavy (non-hydrogen) atoms. The van der Waals surface area contributed by atoms with Gasteiger partial charge in [0, 0.05) is 0 Å². The Bertz CT molecular complexity index is 503. The monoisotopic (exact) mass is 297 g/mol. The largest absolute Gasteiger partial charge is 1.00 e. The van der Waals surface area contributed by atoms with Gasteiger partial charge in [0.2, 0.25) is 16.5 Å². The molecular formula is C9H5Cl3N4Na+. The Morgan fingerprint density at radius 3 is 2.06 bits per heavy atom. The molecule has 0 amide bonds. The van der Waals surface area contributed by atoms with E-state index < -0.39 is 0 Å². The van der Waals surface area contributed by atoms with E-state index in [1.807, 2.05) is 12.1 Å². The summed E-state index contributed by atoms with van der Waals surface area (Å²) in [6.45, 7) is 0. The first-order valence-electron chi connectivity index (χ1n) is 4.24. The van der Waals surface area contributed by atoms with Crippen molar-refractivity contribution in [2.24, 2.45) is 0 Å². The number of anilines is 2. The average Bonchev–Trinajstić information content (AvgIpc) is 2.20. The van der Waals surface area contributed by atoms with Gasteiger partial charge in [0.25, 0.3) is 0 Å². The normalized spacial score (nSPS) is 9.59. The van der Waals surface area contributed by atoms with Gasteiger partial charge in [-0.1, -0.05) is 23.7 Å². The summed E-state index contributed by atoms with van der Waals surface area (Å²) in [6.07, 6.45) is 0. The maximum absolute atomic E-state index is 5.95. The van der Waals surface area contributed by atoms with E-state index in [9.17, 15) is 0 Å². The first kappa shape index (κ1) is 15.0. The molecular weight excluding hydrogens is 293 g/mol. The standard InChI is InChI=1S/C9H5Cl3N4.Na/c10-5-3-1-2-4-6(5)13-9-15-7(11)14-8(12)16-9;/h1-4H,(H,13,14,15,16);/q;+1. The summed E-state index contributed by atoms with van der Waals surface area (Å²) in [6, 6.07) is 7.18. The predicted molar refractivity (Wildman–Crippen MR) is 64.6 cm³/mol. The molecule has 82 valence electrons. The van der Waals surface area contributed by atoms with Gasteiger partial charge in [0.05, 0.1) is 10.7 Å². The van der Waals surface area contributed by atoms with Crippen molar-refractivity contribution in [3.8, 4) is 0 Å². The summed E-state index contributed by atoms with van der Waals surface area (Å²) in [5.41, 5.74) is 0.669. The number of halogens is 3. The molecule has 1 N–H and O–H groups in total. The van der Waals surface area contributed by atoms with Crippen molar-refractivity contribution in [2.75, 3.05) is 5.32 Å². The molecule has 0 aliphatic carbocycles. The minimum Gasteiger partial charge on any atom is -0.323 e. The van der Waals surface area contributed by atoms with Crippen molar-refractivity contribution in [3.05, 3.63) is 39.9 Å². The van der Waals surface area contributed by atoms with E-state index in [4.69, 9.17) is 34.8 Å². The van der Waals surface area contributed by atoms with E-state index in [0.29, 0.717) is 10.7 Å². The molecule has 0 bridgehead atoms. The van der Waals surface area contributed by atoms with Crippen LogP contribution in [0.15, 0.2) is 24.3 Å². The van der Waals surface area contributed by atoms with Gasteiger partial charge < -0.3 is 5.32 Å². The van der Waals surface area contributed by atoms with Crippen LogP contribution in [0.2, 0.25) is 15.6 Å². The van der Waals surface area contributed by atoms with Crippen LogP contribution in [0.25, 0.3) is 0 Å². The second kappa shape index (κ2) is 6.73. The van der Waals surface area contributed by atoms with Crippen LogP contribution >= 0.6 is 34.8 Å². The number of hydrogen-bond acceptors (Lipinski definition) is 4. The topological polar surface area (TPSA) is 50.7 Å². The van der Waals surface area contributed by atoms with Crippen molar-refractivity contribution in [2.45, 2.75) is 0 Å². The third-order valence-electron chi connectivity index (χ3n) is 1.70. The molecule has 1 heterocycles. The molecule has 0 fully saturated rings. The molecule has 1 aromatic carbocycles. The molecule has 0 aliphatic rings. The van der Waals surface area contributed by atoms with Crippen LogP contribution in [-0.2, 0) is 0 Å². The van der Waals surface area contributed by atoms with Crippen LogP contribution in [0.1, 0.15) is 0 Å². The van der Waals surface area contributed by atoms with E-state index in [0.717, 1.165) is 0 Å². The molecule has 8 heteroatoms. The zero-order valence-electron chi connectivity index (χ0n) is 8.78. The number of nitrogens with one attached hydrogen (secondary N) is 1. The molecule has 2 rings (SSSR count). The minimum absolute atomic E-state index is 0. The molecule has 4 nitrogen and oxygen atoms in total. The van der Waals surface area contributed by atoms with Gasteiger partial charge >= 0.3 is 29.6 Å². The number of nitrogens with zero attached hydrogens (tertiary/aromatic N) is 3. The number of para-hydroxylation sites is 1. The predicted octanol–water partition coefficient (Wildman–Crippen LogP) is 0.579. The maximum Gasteiger partial charge on any atom is 1.00 e. The van der Waals surface area contributed by atoms with Crippen molar-refractivity contribution in [1.82, 2.24) is 15.0 Å². The van der Waals surface area contributed by atoms with Crippen molar-refractivity contribution < 1.29 is 29.6 Å². The first-order valence-corrected chi connectivity index (χ1v) is 5.37. The van der Waals surface area contributed by atoms with Gasteiger partial charge in [0.1, 0.15) is 0 Å². The summed E-state index contributed by atoms with van der Waals surface area (Å²) in [7, 11) is 0. The molecule has 0 atom stereocenters. The van der Waals surface area contributed by atoms with E-state index in [1.165, 1.54) is 0 Å². The Balaban J connectivity index is 0.00000144. The Labute approximate surface area is 135 Å². The first-order chi connectivity index (χ1) is 7.65. The van der Waals surface area contributed by atoms with E-state index in [2.05, 4.69) is 20.3 Å². The third kappa shape index (κ3) is 4.25. The van der Waals surface area contributed by atoms with Crippen LogP contribution in [0.5, 0.6) is 0 Å². The fourth-order valence-electron chi connectivity index (χ4n) is 1.06. The zero-order valence-corrected chi connectivity index (χ0v) is 13.1. The summed E-state index contributed by atoms with van der Waals surface area (Å²) in [5.74, 6) is 0.248. The molecule has 2 aromatic rings. The van der Waals surface area contributed by atoms with Crippen molar-refractivity contribution >= 4 is 46.4 Å². The average molecular weight is 299 g/mol. The van der Waals surface area contributed by atoms with Crippen LogP contribution < -0.4 is 34.9 Å². The van der Waals surface area contributed by atoms with Gasteiger partial charge in [0.15, 0.2) is 0 Å². The number of rotatable bonds is 2. The van der Waals surface area contributed by atoms with E-state index in [1.54, 1.807) is 12.1 Å². The quantitative estimate of drug-likeness (QED) is 0.824. The number of benzene rings is 1. The second-order valence-corrected chi connectivity index (χ2v) is 3.89. The maximum atomic E-state index is 5.95. The molecule has 0 saturated heterocycles.